The van der Waals surface area contributed by atoms with Crippen LogP contribution in [0.5, 0.6) is 5.75 Å². The first-order chi connectivity index (χ1) is 9.63. The topological polar surface area (TPSA) is 25.4 Å². The smallest absolute Gasteiger partial charge is 0.131 e. The fourth-order valence-corrected chi connectivity index (χ4v) is 3.07. The van der Waals surface area contributed by atoms with Crippen molar-refractivity contribution in [1.29, 1.82) is 0 Å². The number of hydrogen-bond acceptors (Lipinski definition) is 3. The summed E-state index contributed by atoms with van der Waals surface area (Å²) in [4.78, 5) is 6.68. The van der Waals surface area contributed by atoms with E-state index >= 15 is 0 Å². The summed E-state index contributed by atoms with van der Waals surface area (Å²) in [6.45, 7) is 3.74. The van der Waals surface area contributed by atoms with E-state index in [4.69, 9.17) is 4.74 Å². The molecule has 1 aromatic carbocycles. The largest absolute Gasteiger partial charge is 0.493 e. The van der Waals surface area contributed by atoms with Gasteiger partial charge in [0, 0.05) is 30.7 Å². The fraction of sp³-hybridized carbons (Fsp3) is 0.312. The lowest BCUT2D eigenvalue weighted by molar-refractivity contribution is 0.357. The molecule has 0 unspecified atom stereocenters. The van der Waals surface area contributed by atoms with Crippen LogP contribution in [0.1, 0.15) is 16.7 Å². The van der Waals surface area contributed by atoms with Crippen molar-refractivity contribution < 1.29 is 4.74 Å². The molecule has 0 amide bonds. The van der Waals surface area contributed by atoms with Gasteiger partial charge >= 0.3 is 0 Å². The zero-order chi connectivity index (χ0) is 14.1. The number of benzene rings is 1. The number of halogens is 1. The van der Waals surface area contributed by atoms with Gasteiger partial charge in [0.1, 0.15) is 11.6 Å². The minimum absolute atomic E-state index is 0.808. The molecule has 3 nitrogen and oxygen atoms in total. The molecular weight excluding hydrogens is 316 g/mol. The quantitative estimate of drug-likeness (QED) is 0.856. The molecule has 0 spiro atoms. The number of rotatable bonds is 3. The highest BCUT2D eigenvalue weighted by molar-refractivity contribution is 9.10. The van der Waals surface area contributed by atoms with Crippen LogP contribution in [0.25, 0.3) is 0 Å². The molecule has 0 saturated heterocycles. The second-order valence-electron chi connectivity index (χ2n) is 5.19. The molecule has 1 aromatic heterocycles. The van der Waals surface area contributed by atoms with Crippen LogP contribution in [-0.4, -0.2) is 18.6 Å². The highest BCUT2D eigenvalue weighted by Crippen LogP contribution is 2.27. The van der Waals surface area contributed by atoms with E-state index in [1.807, 2.05) is 6.20 Å². The predicted molar refractivity (Wildman–Crippen MR) is 84.4 cm³/mol. The van der Waals surface area contributed by atoms with Crippen LogP contribution < -0.4 is 9.64 Å². The molecule has 0 N–H and O–H groups in total. The Kier molecular flexibility index (Phi) is 3.66. The second kappa shape index (κ2) is 5.44. The molecule has 0 radical (unpaired) electrons. The van der Waals surface area contributed by atoms with Crippen LogP contribution in [0.2, 0.25) is 0 Å². The molecule has 0 saturated carbocycles. The lowest BCUT2D eigenvalue weighted by atomic mass is 10.1. The second-order valence-corrected chi connectivity index (χ2v) is 6.11. The average Bonchev–Trinajstić information content (AvgIpc) is 2.85. The summed E-state index contributed by atoms with van der Waals surface area (Å²) in [7, 11) is 2.08. The maximum atomic E-state index is 5.54. The van der Waals surface area contributed by atoms with Crippen LogP contribution in [0.4, 0.5) is 5.82 Å². The molecule has 1 aliphatic heterocycles. The number of pyridine rings is 1. The molecular formula is C16H17BrN2O. The van der Waals surface area contributed by atoms with Gasteiger partial charge in [-0.15, -0.1) is 0 Å². The van der Waals surface area contributed by atoms with Crippen molar-refractivity contribution in [1.82, 2.24) is 4.98 Å². The summed E-state index contributed by atoms with van der Waals surface area (Å²) in [5.74, 6) is 2.05. The maximum absolute atomic E-state index is 5.54. The van der Waals surface area contributed by atoms with Crippen LogP contribution in [-0.2, 0) is 13.0 Å². The van der Waals surface area contributed by atoms with Crippen molar-refractivity contribution >= 4 is 21.7 Å². The van der Waals surface area contributed by atoms with Gasteiger partial charge in [0.25, 0.3) is 0 Å². The van der Waals surface area contributed by atoms with Crippen LogP contribution in [0.15, 0.2) is 34.9 Å². The summed E-state index contributed by atoms with van der Waals surface area (Å²) in [6.07, 6.45) is 2.86. The van der Waals surface area contributed by atoms with Gasteiger partial charge in [-0.1, -0.05) is 12.1 Å². The molecule has 20 heavy (non-hydrogen) atoms. The third kappa shape index (κ3) is 2.66. The van der Waals surface area contributed by atoms with E-state index in [0.717, 1.165) is 35.6 Å². The van der Waals surface area contributed by atoms with Crippen molar-refractivity contribution in [2.75, 3.05) is 18.6 Å². The third-order valence-electron chi connectivity index (χ3n) is 3.55. The standard InChI is InChI=1S/C16H17BrN2O/c1-11-7-14(17)9-18-16(11)19(2)10-12-3-4-15-13(8-12)5-6-20-15/h3-4,7-9H,5-6,10H2,1-2H3. The Morgan fingerprint density at radius 2 is 2.20 bits per heavy atom. The molecule has 0 atom stereocenters. The molecule has 0 bridgehead atoms. The first-order valence-electron chi connectivity index (χ1n) is 6.71. The molecule has 1 aliphatic rings. The summed E-state index contributed by atoms with van der Waals surface area (Å²) in [5, 5.41) is 0. The van der Waals surface area contributed by atoms with E-state index in [1.54, 1.807) is 0 Å². The van der Waals surface area contributed by atoms with Gasteiger partial charge in [0.05, 0.1) is 6.61 Å². The number of anilines is 1. The monoisotopic (exact) mass is 332 g/mol. The van der Waals surface area contributed by atoms with E-state index < -0.39 is 0 Å². The molecule has 3 rings (SSSR count). The fourth-order valence-electron chi connectivity index (χ4n) is 2.62. The van der Waals surface area contributed by atoms with Gasteiger partial charge in [-0.05, 0) is 51.7 Å². The molecule has 0 aliphatic carbocycles. The lowest BCUT2D eigenvalue weighted by Crippen LogP contribution is -2.18. The molecule has 4 heteroatoms. The van der Waals surface area contributed by atoms with E-state index in [2.05, 4.69) is 64.1 Å². The van der Waals surface area contributed by atoms with Crippen molar-refractivity contribution in [2.24, 2.45) is 0 Å². The maximum Gasteiger partial charge on any atom is 0.131 e. The number of ether oxygens (including phenoxy) is 1. The molecule has 104 valence electrons. The Labute approximate surface area is 127 Å². The van der Waals surface area contributed by atoms with Crippen LogP contribution in [0.3, 0.4) is 0 Å². The SMILES string of the molecule is Cc1cc(Br)cnc1N(C)Cc1ccc2c(c1)CCO2. The Balaban J connectivity index is 1.80. The van der Waals surface area contributed by atoms with E-state index in [-0.39, 0.29) is 0 Å². The Bertz CT molecular complexity index is 642. The summed E-state index contributed by atoms with van der Waals surface area (Å²) >= 11 is 3.45. The minimum Gasteiger partial charge on any atom is -0.493 e. The first kappa shape index (κ1) is 13.4. The van der Waals surface area contributed by atoms with Gasteiger partial charge in [-0.2, -0.15) is 0 Å². The van der Waals surface area contributed by atoms with Crippen molar-refractivity contribution in [3.63, 3.8) is 0 Å². The lowest BCUT2D eigenvalue weighted by Gasteiger charge is -2.20. The van der Waals surface area contributed by atoms with Gasteiger partial charge in [-0.3, -0.25) is 0 Å². The Morgan fingerprint density at radius 3 is 3.00 bits per heavy atom. The molecule has 2 heterocycles. The van der Waals surface area contributed by atoms with Crippen LogP contribution >= 0.6 is 15.9 Å². The van der Waals surface area contributed by atoms with Crippen molar-refractivity contribution in [3.05, 3.63) is 51.6 Å². The average molecular weight is 333 g/mol. The normalized spacial score (nSPS) is 12.9. The van der Waals surface area contributed by atoms with Gasteiger partial charge < -0.3 is 9.64 Å². The molecule has 0 fully saturated rings. The van der Waals surface area contributed by atoms with Gasteiger partial charge in [0.15, 0.2) is 0 Å². The van der Waals surface area contributed by atoms with E-state index in [0.29, 0.717) is 0 Å². The first-order valence-corrected chi connectivity index (χ1v) is 7.50. The van der Waals surface area contributed by atoms with Crippen LogP contribution in [0, 0.1) is 6.92 Å². The predicted octanol–water partition coefficient (Wildman–Crippen LogP) is 3.72. The van der Waals surface area contributed by atoms with Crippen molar-refractivity contribution in [3.8, 4) is 5.75 Å². The summed E-state index contributed by atoms with van der Waals surface area (Å²) in [6, 6.07) is 8.55. The van der Waals surface area contributed by atoms with E-state index in [9.17, 15) is 0 Å². The van der Waals surface area contributed by atoms with Gasteiger partial charge in [0.2, 0.25) is 0 Å². The molecule has 2 aromatic rings. The van der Waals surface area contributed by atoms with E-state index in [1.165, 1.54) is 16.7 Å². The summed E-state index contributed by atoms with van der Waals surface area (Å²) in [5.41, 5.74) is 3.78. The third-order valence-corrected chi connectivity index (χ3v) is 3.99. The number of nitrogens with zero attached hydrogens (tertiary/aromatic N) is 2. The summed E-state index contributed by atoms with van der Waals surface area (Å²) < 4.78 is 6.56. The Morgan fingerprint density at radius 1 is 1.35 bits per heavy atom. The highest BCUT2D eigenvalue weighted by atomic mass is 79.9. The zero-order valence-corrected chi connectivity index (χ0v) is 13.3. The Hall–Kier alpha value is -1.55. The number of hydrogen-bond donors (Lipinski definition) is 0. The number of aryl methyl sites for hydroxylation is 1. The highest BCUT2D eigenvalue weighted by Gasteiger charge is 2.13. The van der Waals surface area contributed by atoms with Crippen molar-refractivity contribution in [2.45, 2.75) is 19.9 Å². The van der Waals surface area contributed by atoms with Gasteiger partial charge in [-0.25, -0.2) is 4.98 Å². The number of aromatic nitrogens is 1. The number of fused-ring (bicyclic) bond motifs is 1. The minimum atomic E-state index is 0.808. The zero-order valence-electron chi connectivity index (χ0n) is 11.7.